The number of amides is 1. The predicted molar refractivity (Wildman–Crippen MR) is 69.2 cm³/mol. The molecule has 1 spiro atoms. The molecule has 1 aromatic rings. The van der Waals surface area contributed by atoms with Crippen molar-refractivity contribution in [1.29, 1.82) is 0 Å². The SMILES string of the molecule is O=C(N[C@@H]1CCCCC12CCCC2)c1ccn[nH]1. The molecule has 1 aromatic heterocycles. The minimum absolute atomic E-state index is 0.00525. The fourth-order valence-corrected chi connectivity index (χ4v) is 3.83. The van der Waals surface area contributed by atoms with Gasteiger partial charge < -0.3 is 5.32 Å². The lowest BCUT2D eigenvalue weighted by Crippen LogP contribution is -2.48. The van der Waals surface area contributed by atoms with Crippen molar-refractivity contribution >= 4 is 5.91 Å². The van der Waals surface area contributed by atoms with Crippen LogP contribution in [0.25, 0.3) is 0 Å². The van der Waals surface area contributed by atoms with Crippen LogP contribution in [0.2, 0.25) is 0 Å². The summed E-state index contributed by atoms with van der Waals surface area (Å²) < 4.78 is 0. The number of carbonyl (C=O) groups is 1. The van der Waals surface area contributed by atoms with E-state index >= 15 is 0 Å². The van der Waals surface area contributed by atoms with Gasteiger partial charge in [0.1, 0.15) is 5.69 Å². The molecule has 4 heteroatoms. The Morgan fingerprint density at radius 3 is 2.67 bits per heavy atom. The summed E-state index contributed by atoms with van der Waals surface area (Å²) in [5.41, 5.74) is 0.974. The van der Waals surface area contributed by atoms with Crippen LogP contribution in [0.15, 0.2) is 12.3 Å². The Morgan fingerprint density at radius 1 is 1.28 bits per heavy atom. The number of aromatic nitrogens is 2. The van der Waals surface area contributed by atoms with Crippen LogP contribution in [0.3, 0.4) is 0 Å². The second kappa shape index (κ2) is 4.75. The zero-order valence-electron chi connectivity index (χ0n) is 10.7. The third kappa shape index (κ3) is 2.04. The summed E-state index contributed by atoms with van der Waals surface area (Å²) in [7, 11) is 0. The first-order valence-corrected chi connectivity index (χ1v) is 7.10. The van der Waals surface area contributed by atoms with Gasteiger partial charge in [0, 0.05) is 12.2 Å². The van der Waals surface area contributed by atoms with Crippen molar-refractivity contribution in [2.45, 2.75) is 57.4 Å². The number of aromatic amines is 1. The molecule has 4 nitrogen and oxygen atoms in total. The molecule has 2 aliphatic carbocycles. The summed E-state index contributed by atoms with van der Waals surface area (Å²) in [5.74, 6) is 0.00525. The molecule has 1 amide bonds. The molecule has 0 aromatic carbocycles. The molecule has 2 aliphatic rings. The Hall–Kier alpha value is -1.32. The highest BCUT2D eigenvalue weighted by molar-refractivity contribution is 5.92. The molecule has 2 fully saturated rings. The van der Waals surface area contributed by atoms with E-state index in [4.69, 9.17) is 0 Å². The van der Waals surface area contributed by atoms with Gasteiger partial charge in [0.2, 0.25) is 0 Å². The van der Waals surface area contributed by atoms with Crippen LogP contribution in [-0.2, 0) is 0 Å². The van der Waals surface area contributed by atoms with E-state index in [1.54, 1.807) is 12.3 Å². The zero-order valence-corrected chi connectivity index (χ0v) is 10.7. The highest BCUT2D eigenvalue weighted by Crippen LogP contribution is 2.49. The normalized spacial score (nSPS) is 26.3. The van der Waals surface area contributed by atoms with Gasteiger partial charge in [0.15, 0.2) is 0 Å². The average Bonchev–Trinajstić information content (AvgIpc) is 3.04. The highest BCUT2D eigenvalue weighted by Gasteiger charge is 2.43. The lowest BCUT2D eigenvalue weighted by atomic mass is 9.69. The second-order valence-corrected chi connectivity index (χ2v) is 5.81. The third-order valence-electron chi connectivity index (χ3n) is 4.81. The predicted octanol–water partition coefficient (Wildman–Crippen LogP) is 2.64. The molecule has 1 heterocycles. The van der Waals surface area contributed by atoms with E-state index in [-0.39, 0.29) is 5.91 Å². The molecule has 18 heavy (non-hydrogen) atoms. The molecule has 0 bridgehead atoms. The van der Waals surface area contributed by atoms with Crippen LogP contribution >= 0.6 is 0 Å². The van der Waals surface area contributed by atoms with Gasteiger partial charge >= 0.3 is 0 Å². The average molecular weight is 247 g/mol. The summed E-state index contributed by atoms with van der Waals surface area (Å²) in [6.07, 6.45) is 11.9. The summed E-state index contributed by atoms with van der Waals surface area (Å²) >= 11 is 0. The first kappa shape index (κ1) is 11.8. The van der Waals surface area contributed by atoms with Crippen LogP contribution in [0.4, 0.5) is 0 Å². The summed E-state index contributed by atoms with van der Waals surface area (Å²) in [6, 6.07) is 2.10. The maximum atomic E-state index is 12.1. The number of carbonyl (C=O) groups excluding carboxylic acids is 1. The number of H-pyrrole nitrogens is 1. The van der Waals surface area contributed by atoms with E-state index in [1.807, 2.05) is 0 Å². The number of nitrogens with one attached hydrogen (secondary N) is 2. The Labute approximate surface area is 108 Å². The molecule has 1 atom stereocenters. The van der Waals surface area contributed by atoms with Gasteiger partial charge in [-0.1, -0.05) is 25.7 Å². The van der Waals surface area contributed by atoms with Gasteiger partial charge in [-0.2, -0.15) is 5.10 Å². The minimum Gasteiger partial charge on any atom is -0.347 e. The van der Waals surface area contributed by atoms with Gasteiger partial charge in [-0.3, -0.25) is 9.89 Å². The summed E-state index contributed by atoms with van der Waals surface area (Å²) in [6.45, 7) is 0. The number of nitrogens with zero attached hydrogens (tertiary/aromatic N) is 1. The van der Waals surface area contributed by atoms with Crippen LogP contribution in [0.5, 0.6) is 0 Å². The van der Waals surface area contributed by atoms with E-state index in [1.165, 1.54) is 44.9 Å². The van der Waals surface area contributed by atoms with Crippen LogP contribution in [-0.4, -0.2) is 22.1 Å². The molecule has 0 saturated heterocycles. The minimum atomic E-state index is 0.00525. The monoisotopic (exact) mass is 247 g/mol. The van der Waals surface area contributed by atoms with Crippen LogP contribution in [0.1, 0.15) is 61.9 Å². The smallest absolute Gasteiger partial charge is 0.269 e. The Bertz CT molecular complexity index is 407. The molecule has 2 N–H and O–H groups in total. The Balaban J connectivity index is 1.72. The van der Waals surface area contributed by atoms with Crippen molar-refractivity contribution in [2.24, 2.45) is 5.41 Å². The van der Waals surface area contributed by atoms with Gasteiger partial charge in [-0.05, 0) is 37.2 Å². The number of hydrogen-bond donors (Lipinski definition) is 2. The van der Waals surface area contributed by atoms with E-state index < -0.39 is 0 Å². The molecule has 0 radical (unpaired) electrons. The highest BCUT2D eigenvalue weighted by atomic mass is 16.2. The lowest BCUT2D eigenvalue weighted by molar-refractivity contribution is 0.0800. The Morgan fingerprint density at radius 2 is 2.00 bits per heavy atom. The molecule has 0 aliphatic heterocycles. The topological polar surface area (TPSA) is 57.8 Å². The molecule has 98 valence electrons. The number of hydrogen-bond acceptors (Lipinski definition) is 2. The Kier molecular flexibility index (Phi) is 3.10. The standard InChI is InChI=1S/C14H21N3O/c18-13(11-6-10-15-17-11)16-12-5-1-2-7-14(12)8-3-4-9-14/h6,10,12H,1-5,7-9H2,(H,15,17)(H,16,18)/t12-/m1/s1. The largest absolute Gasteiger partial charge is 0.347 e. The first-order chi connectivity index (χ1) is 8.80. The maximum Gasteiger partial charge on any atom is 0.269 e. The van der Waals surface area contributed by atoms with Crippen molar-refractivity contribution in [3.63, 3.8) is 0 Å². The first-order valence-electron chi connectivity index (χ1n) is 7.10. The van der Waals surface area contributed by atoms with E-state index in [0.717, 1.165) is 6.42 Å². The van der Waals surface area contributed by atoms with Crippen molar-refractivity contribution in [3.8, 4) is 0 Å². The summed E-state index contributed by atoms with van der Waals surface area (Å²) in [5, 5.41) is 9.83. The lowest BCUT2D eigenvalue weighted by Gasteiger charge is -2.41. The molecule has 3 rings (SSSR count). The van der Waals surface area contributed by atoms with Crippen molar-refractivity contribution in [1.82, 2.24) is 15.5 Å². The van der Waals surface area contributed by atoms with Crippen molar-refractivity contribution in [3.05, 3.63) is 18.0 Å². The maximum absolute atomic E-state index is 12.1. The van der Waals surface area contributed by atoms with Crippen molar-refractivity contribution in [2.75, 3.05) is 0 Å². The third-order valence-corrected chi connectivity index (χ3v) is 4.81. The van der Waals surface area contributed by atoms with Gasteiger partial charge in [0.25, 0.3) is 5.91 Å². The van der Waals surface area contributed by atoms with Gasteiger partial charge in [-0.15, -0.1) is 0 Å². The van der Waals surface area contributed by atoms with Crippen molar-refractivity contribution < 1.29 is 4.79 Å². The molecular formula is C14H21N3O. The van der Waals surface area contributed by atoms with Gasteiger partial charge in [-0.25, -0.2) is 0 Å². The summed E-state index contributed by atoms with van der Waals surface area (Å²) in [4.78, 5) is 12.1. The second-order valence-electron chi connectivity index (χ2n) is 5.81. The molecular weight excluding hydrogens is 226 g/mol. The van der Waals surface area contributed by atoms with Gasteiger partial charge in [0.05, 0.1) is 0 Å². The van der Waals surface area contributed by atoms with Crippen LogP contribution < -0.4 is 5.32 Å². The van der Waals surface area contributed by atoms with E-state index in [0.29, 0.717) is 17.2 Å². The fourth-order valence-electron chi connectivity index (χ4n) is 3.83. The number of rotatable bonds is 2. The van der Waals surface area contributed by atoms with E-state index in [9.17, 15) is 4.79 Å². The van der Waals surface area contributed by atoms with E-state index in [2.05, 4.69) is 15.5 Å². The fraction of sp³-hybridized carbons (Fsp3) is 0.714. The van der Waals surface area contributed by atoms with Crippen LogP contribution in [0, 0.1) is 5.41 Å². The zero-order chi connectivity index (χ0) is 12.4. The molecule has 2 saturated carbocycles. The molecule has 0 unspecified atom stereocenters. The quantitative estimate of drug-likeness (QED) is 0.844.